The van der Waals surface area contributed by atoms with Gasteiger partial charge in [0.05, 0.1) is 0 Å². The largest absolute Gasteiger partial charge is 0.349 e. The molecule has 1 fully saturated rings. The molecule has 1 amide bonds. The van der Waals surface area contributed by atoms with Crippen LogP contribution in [-0.4, -0.2) is 26.2 Å². The number of sulfonamides is 1. The molecular formula is C21H23N3O3S. The molecule has 0 unspecified atom stereocenters. The molecule has 1 heterocycles. The number of fused-ring (bicyclic) bond motifs is 1. The maximum absolute atomic E-state index is 12.5. The highest BCUT2D eigenvalue weighted by Gasteiger charge is 2.28. The fourth-order valence-corrected chi connectivity index (χ4v) is 5.05. The van der Waals surface area contributed by atoms with Crippen molar-refractivity contribution in [2.45, 2.75) is 43.5 Å². The number of nitrogens with zero attached hydrogens (tertiary/aromatic N) is 1. The van der Waals surface area contributed by atoms with Gasteiger partial charge in [0.2, 0.25) is 0 Å². The van der Waals surface area contributed by atoms with Crippen LogP contribution in [0.2, 0.25) is 0 Å². The van der Waals surface area contributed by atoms with E-state index in [1.807, 2.05) is 0 Å². The third-order valence-electron chi connectivity index (χ3n) is 5.31. The van der Waals surface area contributed by atoms with E-state index in [0.717, 1.165) is 19.3 Å². The van der Waals surface area contributed by atoms with Gasteiger partial charge in [-0.15, -0.1) is 4.40 Å². The predicted octanol–water partition coefficient (Wildman–Crippen LogP) is 3.56. The molecule has 2 aromatic rings. The molecule has 0 bridgehead atoms. The maximum atomic E-state index is 12.5. The average Bonchev–Trinajstić information content (AvgIpc) is 2.93. The van der Waals surface area contributed by atoms with Gasteiger partial charge in [-0.3, -0.25) is 4.79 Å². The number of carbonyl (C=O) groups is 1. The summed E-state index contributed by atoms with van der Waals surface area (Å²) in [6, 6.07) is 13.9. The summed E-state index contributed by atoms with van der Waals surface area (Å²) in [5.74, 6) is 0.873. The summed E-state index contributed by atoms with van der Waals surface area (Å²) < 4.78 is 28.1. The van der Waals surface area contributed by atoms with Gasteiger partial charge in [0.1, 0.15) is 4.90 Å². The summed E-state index contributed by atoms with van der Waals surface area (Å²) in [5, 5.41) is 6.16. The molecule has 0 radical (unpaired) electrons. The zero-order chi connectivity index (χ0) is 19.7. The molecule has 1 saturated carbocycles. The molecule has 0 aromatic heterocycles. The molecule has 28 heavy (non-hydrogen) atoms. The first-order chi connectivity index (χ1) is 13.4. The summed E-state index contributed by atoms with van der Waals surface area (Å²) in [4.78, 5) is 12.7. The van der Waals surface area contributed by atoms with E-state index in [1.165, 1.54) is 6.42 Å². The van der Waals surface area contributed by atoms with E-state index in [0.29, 0.717) is 28.6 Å². The van der Waals surface area contributed by atoms with Crippen LogP contribution in [0, 0.1) is 5.92 Å². The van der Waals surface area contributed by atoms with E-state index in [9.17, 15) is 13.2 Å². The number of amidine groups is 1. The van der Waals surface area contributed by atoms with Gasteiger partial charge < -0.3 is 10.6 Å². The molecule has 1 aliphatic carbocycles. The Morgan fingerprint density at radius 2 is 1.82 bits per heavy atom. The first-order valence-electron chi connectivity index (χ1n) is 9.55. The highest BCUT2D eigenvalue weighted by molar-refractivity contribution is 7.90. The van der Waals surface area contributed by atoms with E-state index >= 15 is 0 Å². The average molecular weight is 398 g/mol. The molecule has 0 spiro atoms. The quantitative estimate of drug-likeness (QED) is 0.829. The smallest absolute Gasteiger partial charge is 0.285 e. The number of anilines is 1. The van der Waals surface area contributed by atoms with Crippen LogP contribution in [0.4, 0.5) is 5.69 Å². The van der Waals surface area contributed by atoms with Crippen molar-refractivity contribution in [3.63, 3.8) is 0 Å². The van der Waals surface area contributed by atoms with Crippen molar-refractivity contribution in [3.05, 3.63) is 59.7 Å². The van der Waals surface area contributed by atoms with Gasteiger partial charge in [-0.25, -0.2) is 0 Å². The Kier molecular flexibility index (Phi) is 4.93. The molecule has 2 aromatic carbocycles. The Hall–Kier alpha value is -2.67. The second-order valence-corrected chi connectivity index (χ2v) is 9.13. The van der Waals surface area contributed by atoms with Crippen molar-refractivity contribution in [2.24, 2.45) is 10.3 Å². The molecule has 2 N–H and O–H groups in total. The Balaban J connectivity index is 1.45. The van der Waals surface area contributed by atoms with Crippen molar-refractivity contribution in [3.8, 4) is 0 Å². The van der Waals surface area contributed by atoms with Crippen molar-refractivity contribution in [2.75, 3.05) is 5.32 Å². The van der Waals surface area contributed by atoms with Crippen LogP contribution < -0.4 is 10.6 Å². The molecule has 1 aliphatic heterocycles. The van der Waals surface area contributed by atoms with Gasteiger partial charge in [0.15, 0.2) is 5.84 Å². The SMILES string of the molecule is C[C@@H]1CCC[C@H](NC(=O)c2ccc(NC3=NS(=O)(=O)c4ccccc43)cc2)C1. The van der Waals surface area contributed by atoms with Gasteiger partial charge in [0, 0.05) is 22.9 Å². The van der Waals surface area contributed by atoms with E-state index in [4.69, 9.17) is 0 Å². The summed E-state index contributed by atoms with van der Waals surface area (Å²) in [6.07, 6.45) is 4.44. The second kappa shape index (κ2) is 7.39. The van der Waals surface area contributed by atoms with E-state index in [2.05, 4.69) is 22.0 Å². The molecular weight excluding hydrogens is 374 g/mol. The second-order valence-electron chi connectivity index (χ2n) is 7.56. The molecule has 2 aliphatic rings. The van der Waals surface area contributed by atoms with Crippen molar-refractivity contribution < 1.29 is 13.2 Å². The van der Waals surface area contributed by atoms with Gasteiger partial charge in [-0.05, 0) is 55.2 Å². The number of amides is 1. The highest BCUT2D eigenvalue weighted by atomic mass is 32.2. The minimum absolute atomic E-state index is 0.0724. The number of hydrogen-bond donors (Lipinski definition) is 2. The molecule has 6 nitrogen and oxygen atoms in total. The zero-order valence-corrected chi connectivity index (χ0v) is 16.5. The molecule has 2 atom stereocenters. The number of hydrogen-bond acceptors (Lipinski definition) is 4. The lowest BCUT2D eigenvalue weighted by Gasteiger charge is -2.27. The summed E-state index contributed by atoms with van der Waals surface area (Å²) in [7, 11) is -3.66. The lowest BCUT2D eigenvalue weighted by Crippen LogP contribution is -2.37. The van der Waals surface area contributed by atoms with Gasteiger partial charge in [0.25, 0.3) is 15.9 Å². The normalized spacial score (nSPS) is 22.8. The first-order valence-corrected chi connectivity index (χ1v) is 11.0. The fraction of sp³-hybridized carbons (Fsp3) is 0.333. The van der Waals surface area contributed by atoms with Crippen LogP contribution in [0.5, 0.6) is 0 Å². The van der Waals surface area contributed by atoms with Crippen LogP contribution >= 0.6 is 0 Å². The van der Waals surface area contributed by atoms with Crippen molar-refractivity contribution in [1.82, 2.24) is 5.32 Å². The lowest BCUT2D eigenvalue weighted by atomic mass is 9.87. The van der Waals surface area contributed by atoms with E-state index in [1.54, 1.807) is 48.5 Å². The van der Waals surface area contributed by atoms with Crippen LogP contribution in [0.15, 0.2) is 57.8 Å². The first kappa shape index (κ1) is 18.7. The van der Waals surface area contributed by atoms with Crippen molar-refractivity contribution >= 4 is 27.5 Å². The standard InChI is InChI=1S/C21H23N3O3S/c1-14-5-4-6-17(13-14)23-21(25)15-9-11-16(12-10-15)22-20-18-7-2-3-8-19(18)28(26,27)24-20/h2-3,7-12,14,17H,4-6,13H2,1H3,(H,22,24)(H,23,25)/t14-,17+/m1/s1. The van der Waals surface area contributed by atoms with Gasteiger partial charge in [-0.2, -0.15) is 8.42 Å². The van der Waals surface area contributed by atoms with Crippen LogP contribution in [0.25, 0.3) is 0 Å². The van der Waals surface area contributed by atoms with Crippen LogP contribution in [-0.2, 0) is 10.0 Å². The number of carbonyl (C=O) groups excluding carboxylic acids is 1. The molecule has 7 heteroatoms. The Morgan fingerprint density at radius 1 is 1.07 bits per heavy atom. The number of nitrogens with one attached hydrogen (secondary N) is 2. The van der Waals surface area contributed by atoms with E-state index in [-0.39, 0.29) is 16.8 Å². The van der Waals surface area contributed by atoms with E-state index < -0.39 is 10.0 Å². The molecule has 4 rings (SSSR count). The Bertz CT molecular complexity index is 1030. The zero-order valence-electron chi connectivity index (χ0n) is 15.7. The maximum Gasteiger partial charge on any atom is 0.285 e. The Labute approximate surface area is 165 Å². The van der Waals surface area contributed by atoms with Crippen LogP contribution in [0.1, 0.15) is 48.5 Å². The number of rotatable bonds is 3. The fourth-order valence-electron chi connectivity index (χ4n) is 3.87. The van der Waals surface area contributed by atoms with Gasteiger partial charge >= 0.3 is 0 Å². The van der Waals surface area contributed by atoms with Crippen molar-refractivity contribution in [1.29, 1.82) is 0 Å². The Morgan fingerprint density at radius 3 is 2.57 bits per heavy atom. The highest BCUT2D eigenvalue weighted by Crippen LogP contribution is 2.27. The minimum atomic E-state index is -3.66. The monoisotopic (exact) mass is 397 g/mol. The minimum Gasteiger partial charge on any atom is -0.349 e. The third-order valence-corrected chi connectivity index (χ3v) is 6.65. The number of benzene rings is 2. The predicted molar refractivity (Wildman–Crippen MR) is 109 cm³/mol. The lowest BCUT2D eigenvalue weighted by molar-refractivity contribution is 0.0921. The summed E-state index contributed by atoms with van der Waals surface area (Å²) in [6.45, 7) is 2.23. The summed E-state index contributed by atoms with van der Waals surface area (Å²) in [5.41, 5.74) is 1.81. The third kappa shape index (κ3) is 3.80. The molecule has 0 saturated heterocycles. The van der Waals surface area contributed by atoms with Crippen LogP contribution in [0.3, 0.4) is 0 Å². The summed E-state index contributed by atoms with van der Waals surface area (Å²) >= 11 is 0. The van der Waals surface area contributed by atoms with Gasteiger partial charge in [-0.1, -0.05) is 31.9 Å². The molecule has 146 valence electrons. The topological polar surface area (TPSA) is 87.6 Å².